The summed E-state index contributed by atoms with van der Waals surface area (Å²) in [4.78, 5) is 36.9. The molecule has 140 valence electrons. The lowest BCUT2D eigenvalue weighted by molar-refractivity contribution is -0.125. The summed E-state index contributed by atoms with van der Waals surface area (Å²) in [5.41, 5.74) is 1.67. The molecule has 1 heterocycles. The van der Waals surface area contributed by atoms with E-state index >= 15 is 0 Å². The number of imide groups is 1. The second-order valence-corrected chi connectivity index (χ2v) is 5.86. The number of methoxy groups -OCH3 is 2. The summed E-state index contributed by atoms with van der Waals surface area (Å²) in [7, 11) is 3.06. The predicted molar refractivity (Wildman–Crippen MR) is 97.9 cm³/mol. The molecule has 27 heavy (non-hydrogen) atoms. The van der Waals surface area contributed by atoms with Crippen molar-refractivity contribution in [3.63, 3.8) is 0 Å². The molecule has 0 unspecified atom stereocenters. The number of carbonyl (C=O) groups excluding carboxylic acids is 3. The zero-order chi connectivity index (χ0) is 19.4. The minimum Gasteiger partial charge on any atom is -0.497 e. The first-order valence-electron chi connectivity index (χ1n) is 8.22. The Balaban J connectivity index is 1.71. The van der Waals surface area contributed by atoms with Crippen molar-refractivity contribution < 1.29 is 23.9 Å². The summed E-state index contributed by atoms with van der Waals surface area (Å²) in [5.74, 6) is 0.518. The van der Waals surface area contributed by atoms with Crippen molar-refractivity contribution in [2.45, 2.75) is 6.54 Å². The van der Waals surface area contributed by atoms with Crippen molar-refractivity contribution >= 4 is 23.5 Å². The van der Waals surface area contributed by atoms with E-state index in [0.29, 0.717) is 22.7 Å². The fourth-order valence-electron chi connectivity index (χ4n) is 2.67. The highest BCUT2D eigenvalue weighted by atomic mass is 16.5. The largest absolute Gasteiger partial charge is 0.497 e. The van der Waals surface area contributed by atoms with Crippen LogP contribution < -0.4 is 20.1 Å². The van der Waals surface area contributed by atoms with Crippen LogP contribution in [0.4, 0.5) is 10.5 Å². The Labute approximate surface area is 156 Å². The van der Waals surface area contributed by atoms with Crippen LogP contribution in [0.25, 0.3) is 0 Å². The van der Waals surface area contributed by atoms with E-state index in [9.17, 15) is 14.4 Å². The number of hydrogen-bond donors (Lipinski definition) is 2. The number of urea groups is 1. The van der Waals surface area contributed by atoms with E-state index in [0.717, 1.165) is 10.5 Å². The molecule has 1 aliphatic rings. The number of nitrogens with one attached hydrogen (secondary N) is 2. The van der Waals surface area contributed by atoms with Gasteiger partial charge < -0.3 is 20.1 Å². The maximum atomic E-state index is 12.5. The zero-order valence-electron chi connectivity index (χ0n) is 14.9. The van der Waals surface area contributed by atoms with Gasteiger partial charge in [-0.1, -0.05) is 12.1 Å². The van der Waals surface area contributed by atoms with Crippen LogP contribution in [0.5, 0.6) is 11.5 Å². The Kier molecular flexibility index (Phi) is 5.25. The number of anilines is 1. The number of nitrogens with zero attached hydrogens (tertiary/aromatic N) is 1. The average molecular weight is 369 g/mol. The molecule has 0 atom stereocenters. The molecular weight excluding hydrogens is 350 g/mol. The summed E-state index contributed by atoms with van der Waals surface area (Å²) in [6.07, 6.45) is 0. The topological polar surface area (TPSA) is 97.0 Å². The van der Waals surface area contributed by atoms with Crippen LogP contribution in [0.15, 0.2) is 42.5 Å². The molecule has 0 spiro atoms. The Morgan fingerprint density at radius 1 is 1.11 bits per heavy atom. The van der Waals surface area contributed by atoms with Gasteiger partial charge in [-0.25, -0.2) is 4.79 Å². The highest BCUT2D eigenvalue weighted by molar-refractivity contribution is 6.05. The molecule has 1 fully saturated rings. The molecule has 2 aromatic rings. The Morgan fingerprint density at radius 2 is 1.85 bits per heavy atom. The summed E-state index contributed by atoms with van der Waals surface area (Å²) in [5, 5.41) is 5.25. The van der Waals surface area contributed by atoms with Gasteiger partial charge in [-0.3, -0.25) is 14.5 Å². The number of hydrogen-bond acceptors (Lipinski definition) is 5. The lowest BCUT2D eigenvalue weighted by atomic mass is 10.1. The standard InChI is InChI=1S/C19H19N3O5/c1-26-14-7-8-16(27-2)15(9-14)21-18(24)13-5-3-12(4-6-13)11-22-17(23)10-20-19(22)25/h3-9H,10-11H2,1-2H3,(H,20,25)(H,21,24). The normalized spacial score (nSPS) is 13.3. The van der Waals surface area contributed by atoms with Crippen molar-refractivity contribution in [1.82, 2.24) is 10.2 Å². The van der Waals surface area contributed by atoms with Gasteiger partial charge in [0.2, 0.25) is 5.91 Å². The van der Waals surface area contributed by atoms with Crippen LogP contribution in [0.2, 0.25) is 0 Å². The van der Waals surface area contributed by atoms with Gasteiger partial charge in [-0.2, -0.15) is 0 Å². The molecule has 1 saturated heterocycles. The molecule has 2 N–H and O–H groups in total. The third kappa shape index (κ3) is 4.00. The van der Waals surface area contributed by atoms with E-state index in [4.69, 9.17) is 9.47 Å². The lowest BCUT2D eigenvalue weighted by Crippen LogP contribution is -2.30. The molecule has 1 aliphatic heterocycles. The molecule has 0 aliphatic carbocycles. The van der Waals surface area contributed by atoms with Gasteiger partial charge in [0, 0.05) is 11.6 Å². The van der Waals surface area contributed by atoms with E-state index in [1.54, 1.807) is 42.5 Å². The van der Waals surface area contributed by atoms with Crippen LogP contribution in [-0.4, -0.2) is 43.5 Å². The van der Waals surface area contributed by atoms with Crippen molar-refractivity contribution in [2.24, 2.45) is 0 Å². The average Bonchev–Trinajstić information content (AvgIpc) is 3.00. The first-order valence-corrected chi connectivity index (χ1v) is 8.22. The SMILES string of the molecule is COc1ccc(OC)c(NC(=O)c2ccc(CN3C(=O)CNC3=O)cc2)c1. The summed E-state index contributed by atoms with van der Waals surface area (Å²) in [6, 6.07) is 11.4. The van der Waals surface area contributed by atoms with E-state index in [1.807, 2.05) is 0 Å². The van der Waals surface area contributed by atoms with Crippen LogP contribution in [0, 0.1) is 0 Å². The Morgan fingerprint density at radius 3 is 2.44 bits per heavy atom. The molecule has 0 saturated carbocycles. The quantitative estimate of drug-likeness (QED) is 0.759. The fourth-order valence-corrected chi connectivity index (χ4v) is 2.67. The van der Waals surface area contributed by atoms with Gasteiger partial charge in [0.25, 0.3) is 5.91 Å². The molecule has 0 bridgehead atoms. The third-order valence-corrected chi connectivity index (χ3v) is 4.15. The number of benzene rings is 2. The molecule has 0 radical (unpaired) electrons. The summed E-state index contributed by atoms with van der Waals surface area (Å²) in [6.45, 7) is 0.179. The van der Waals surface area contributed by atoms with Crippen LogP contribution >= 0.6 is 0 Å². The van der Waals surface area contributed by atoms with Gasteiger partial charge in [0.05, 0.1) is 33.0 Å². The van der Waals surface area contributed by atoms with Crippen molar-refractivity contribution in [3.05, 3.63) is 53.6 Å². The van der Waals surface area contributed by atoms with Crippen molar-refractivity contribution in [1.29, 1.82) is 0 Å². The number of amides is 4. The van der Waals surface area contributed by atoms with Gasteiger partial charge in [-0.05, 0) is 29.8 Å². The lowest BCUT2D eigenvalue weighted by Gasteiger charge is -2.13. The molecule has 8 nitrogen and oxygen atoms in total. The predicted octanol–water partition coefficient (Wildman–Crippen LogP) is 2.01. The van der Waals surface area contributed by atoms with Crippen molar-refractivity contribution in [3.8, 4) is 11.5 Å². The molecular formula is C19H19N3O5. The maximum Gasteiger partial charge on any atom is 0.324 e. The molecule has 3 rings (SSSR count). The van der Waals surface area contributed by atoms with Crippen LogP contribution in [0.3, 0.4) is 0 Å². The Hall–Kier alpha value is -3.55. The third-order valence-electron chi connectivity index (χ3n) is 4.15. The maximum absolute atomic E-state index is 12.5. The smallest absolute Gasteiger partial charge is 0.324 e. The first-order chi connectivity index (χ1) is 13.0. The van der Waals surface area contributed by atoms with E-state index < -0.39 is 6.03 Å². The summed E-state index contributed by atoms with van der Waals surface area (Å²) < 4.78 is 10.4. The molecule has 4 amide bonds. The van der Waals surface area contributed by atoms with E-state index in [-0.39, 0.29) is 24.9 Å². The van der Waals surface area contributed by atoms with Crippen molar-refractivity contribution in [2.75, 3.05) is 26.1 Å². The monoisotopic (exact) mass is 369 g/mol. The second kappa shape index (κ2) is 7.77. The first kappa shape index (κ1) is 18.2. The van der Waals surface area contributed by atoms with E-state index in [2.05, 4.69) is 10.6 Å². The fraction of sp³-hybridized carbons (Fsp3) is 0.211. The van der Waals surface area contributed by atoms with E-state index in [1.165, 1.54) is 14.2 Å². The van der Waals surface area contributed by atoms with Gasteiger partial charge in [0.1, 0.15) is 11.5 Å². The minimum absolute atomic E-state index is 0.0156. The van der Waals surface area contributed by atoms with Gasteiger partial charge in [0.15, 0.2) is 0 Å². The van der Waals surface area contributed by atoms with Gasteiger partial charge >= 0.3 is 6.03 Å². The van der Waals surface area contributed by atoms with Crippen LogP contribution in [0.1, 0.15) is 15.9 Å². The highest BCUT2D eigenvalue weighted by Crippen LogP contribution is 2.29. The second-order valence-electron chi connectivity index (χ2n) is 5.86. The minimum atomic E-state index is -0.410. The van der Waals surface area contributed by atoms with Crippen LogP contribution in [-0.2, 0) is 11.3 Å². The summed E-state index contributed by atoms with van der Waals surface area (Å²) >= 11 is 0. The zero-order valence-corrected chi connectivity index (χ0v) is 14.9. The number of ether oxygens (including phenoxy) is 2. The molecule has 8 heteroatoms. The molecule has 2 aromatic carbocycles. The van der Waals surface area contributed by atoms with Gasteiger partial charge in [-0.15, -0.1) is 0 Å². The Bertz CT molecular complexity index is 863. The molecule has 0 aromatic heterocycles. The number of rotatable bonds is 6. The highest BCUT2D eigenvalue weighted by Gasteiger charge is 2.28. The number of carbonyl (C=O) groups is 3.